The van der Waals surface area contributed by atoms with E-state index in [9.17, 15) is 4.79 Å². The van der Waals surface area contributed by atoms with Crippen molar-refractivity contribution in [1.29, 1.82) is 0 Å². The lowest BCUT2D eigenvalue weighted by atomic mass is 10.0. The van der Waals surface area contributed by atoms with Crippen molar-refractivity contribution < 1.29 is 14.4 Å². The molecule has 0 unspecified atom stereocenters. The van der Waals surface area contributed by atoms with Crippen LogP contribution in [0.1, 0.15) is 26.3 Å². The Kier molecular flexibility index (Phi) is 7.23. The second kappa shape index (κ2) is 9.62. The highest BCUT2D eigenvalue weighted by Gasteiger charge is 2.26. The predicted molar refractivity (Wildman–Crippen MR) is 106 cm³/mol. The first-order chi connectivity index (χ1) is 12.9. The van der Waals surface area contributed by atoms with Gasteiger partial charge in [-0.2, -0.15) is 0 Å². The van der Waals surface area contributed by atoms with E-state index in [0.717, 1.165) is 5.56 Å². The minimum atomic E-state index is -0.345. The van der Waals surface area contributed by atoms with Gasteiger partial charge in [0.15, 0.2) is 12.4 Å². The number of ether oxygens (including phenoxy) is 1. The van der Waals surface area contributed by atoms with E-state index in [0.29, 0.717) is 12.3 Å². The number of benzene rings is 2. The number of amidine groups is 1. The monoisotopic (exact) mass is 369 g/mol. The number of amides is 1. The molecule has 1 amide bonds. The van der Waals surface area contributed by atoms with E-state index in [1.165, 1.54) is 0 Å². The maximum Gasteiger partial charge on any atom is 0.264 e. The number of nitrogens with two attached hydrogens (primary N) is 1. The Hall–Kier alpha value is -3.02. The smallest absolute Gasteiger partial charge is 0.264 e. The topological polar surface area (TPSA) is 77.2 Å². The molecule has 0 saturated carbocycles. The first-order valence-corrected chi connectivity index (χ1v) is 8.83. The third-order valence-corrected chi connectivity index (χ3v) is 3.79. The molecule has 6 heteroatoms. The lowest BCUT2D eigenvalue weighted by molar-refractivity contribution is -0.141. The van der Waals surface area contributed by atoms with Gasteiger partial charge in [0.1, 0.15) is 12.4 Å². The lowest BCUT2D eigenvalue weighted by Gasteiger charge is -2.35. The number of carbonyl (C=O) groups is 1. The van der Waals surface area contributed by atoms with Crippen molar-refractivity contribution in [2.45, 2.75) is 32.9 Å². The molecule has 2 aromatic carbocycles. The number of carbonyl (C=O) groups excluding carboxylic acids is 1. The molecule has 0 bridgehead atoms. The fourth-order valence-corrected chi connectivity index (χ4v) is 2.41. The van der Waals surface area contributed by atoms with Gasteiger partial charge in [0.2, 0.25) is 0 Å². The summed E-state index contributed by atoms with van der Waals surface area (Å²) in [6.07, 6.45) is 0. The van der Waals surface area contributed by atoms with Crippen LogP contribution in [-0.4, -0.2) is 35.4 Å². The number of para-hydroxylation sites is 1. The van der Waals surface area contributed by atoms with Crippen molar-refractivity contribution in [3.05, 3.63) is 66.2 Å². The minimum absolute atomic E-state index is 0.0885. The van der Waals surface area contributed by atoms with Crippen LogP contribution in [0, 0.1) is 0 Å². The first kappa shape index (κ1) is 20.3. The van der Waals surface area contributed by atoms with Crippen LogP contribution < -0.4 is 10.5 Å². The van der Waals surface area contributed by atoms with Gasteiger partial charge in [-0.15, -0.1) is 0 Å². The Morgan fingerprint density at radius 1 is 1.00 bits per heavy atom. The average molecular weight is 369 g/mol. The Morgan fingerprint density at radius 2 is 1.59 bits per heavy atom. The maximum atomic E-state index is 12.6. The molecule has 0 aliphatic heterocycles. The van der Waals surface area contributed by atoms with Gasteiger partial charge in [-0.05, 0) is 38.5 Å². The highest BCUT2D eigenvalue weighted by molar-refractivity contribution is 5.81. The van der Waals surface area contributed by atoms with Crippen molar-refractivity contribution in [2.75, 3.05) is 13.2 Å². The summed E-state index contributed by atoms with van der Waals surface area (Å²) >= 11 is 0. The van der Waals surface area contributed by atoms with Crippen molar-refractivity contribution in [3.8, 4) is 5.75 Å². The van der Waals surface area contributed by atoms with Gasteiger partial charge in [-0.1, -0.05) is 53.7 Å². The largest absolute Gasteiger partial charge is 0.486 e. The SMILES string of the molecule is CC(C)(C)N(Cc1ccccc1)C(=O)CO/N=C(\N)COc1ccccc1. The van der Waals surface area contributed by atoms with Crippen LogP contribution in [-0.2, 0) is 16.2 Å². The molecule has 2 aromatic rings. The zero-order valence-electron chi connectivity index (χ0n) is 16.1. The molecular weight excluding hydrogens is 342 g/mol. The molecule has 0 saturated heterocycles. The third kappa shape index (κ3) is 7.01. The second-order valence-electron chi connectivity index (χ2n) is 7.09. The molecule has 2 N–H and O–H groups in total. The number of rotatable bonds is 8. The lowest BCUT2D eigenvalue weighted by Crippen LogP contribution is -2.46. The van der Waals surface area contributed by atoms with Gasteiger partial charge >= 0.3 is 0 Å². The van der Waals surface area contributed by atoms with E-state index in [1.54, 1.807) is 4.90 Å². The van der Waals surface area contributed by atoms with Gasteiger partial charge in [-0.3, -0.25) is 4.79 Å². The van der Waals surface area contributed by atoms with E-state index < -0.39 is 0 Å². The fourth-order valence-electron chi connectivity index (χ4n) is 2.41. The molecule has 2 rings (SSSR count). The molecular formula is C21H27N3O3. The van der Waals surface area contributed by atoms with Gasteiger partial charge in [0, 0.05) is 12.1 Å². The molecule has 144 valence electrons. The molecule has 0 aliphatic carbocycles. The van der Waals surface area contributed by atoms with Gasteiger partial charge < -0.3 is 20.2 Å². The summed E-state index contributed by atoms with van der Waals surface area (Å²) < 4.78 is 5.47. The van der Waals surface area contributed by atoms with Crippen LogP contribution in [0.4, 0.5) is 0 Å². The quantitative estimate of drug-likeness (QED) is 0.440. The van der Waals surface area contributed by atoms with Crippen LogP contribution in [0.5, 0.6) is 5.75 Å². The van der Waals surface area contributed by atoms with E-state index in [4.69, 9.17) is 15.3 Å². The van der Waals surface area contributed by atoms with E-state index >= 15 is 0 Å². The van der Waals surface area contributed by atoms with Crippen LogP contribution in [0.2, 0.25) is 0 Å². The second-order valence-corrected chi connectivity index (χ2v) is 7.09. The summed E-state index contributed by atoms with van der Waals surface area (Å²) in [7, 11) is 0. The molecule has 0 fully saturated rings. The zero-order chi connectivity index (χ0) is 19.7. The highest BCUT2D eigenvalue weighted by Crippen LogP contribution is 2.17. The highest BCUT2D eigenvalue weighted by atomic mass is 16.6. The van der Waals surface area contributed by atoms with E-state index in [1.807, 2.05) is 81.4 Å². The molecule has 27 heavy (non-hydrogen) atoms. The number of hydrogen-bond acceptors (Lipinski definition) is 4. The Bertz CT molecular complexity index is 740. The maximum absolute atomic E-state index is 12.6. The third-order valence-electron chi connectivity index (χ3n) is 3.79. The minimum Gasteiger partial charge on any atom is -0.486 e. The normalized spacial score (nSPS) is 11.7. The molecule has 0 aliphatic rings. The number of oxime groups is 1. The van der Waals surface area contributed by atoms with Crippen LogP contribution in [0.25, 0.3) is 0 Å². The average Bonchev–Trinajstić information content (AvgIpc) is 2.65. The predicted octanol–water partition coefficient (Wildman–Crippen LogP) is 3.18. The number of hydrogen-bond donors (Lipinski definition) is 1. The molecule has 0 spiro atoms. The Balaban J connectivity index is 1.87. The summed E-state index contributed by atoms with van der Waals surface area (Å²) in [6, 6.07) is 19.1. The number of nitrogens with zero attached hydrogens (tertiary/aromatic N) is 2. The first-order valence-electron chi connectivity index (χ1n) is 8.83. The molecule has 0 heterocycles. The van der Waals surface area contributed by atoms with Crippen LogP contribution in [0.15, 0.2) is 65.8 Å². The molecule has 6 nitrogen and oxygen atoms in total. The Morgan fingerprint density at radius 3 is 2.19 bits per heavy atom. The van der Waals surface area contributed by atoms with Crippen molar-refractivity contribution in [1.82, 2.24) is 4.90 Å². The molecule has 0 atom stereocenters. The summed E-state index contributed by atoms with van der Waals surface area (Å²) in [5, 5.41) is 3.77. The van der Waals surface area contributed by atoms with E-state index in [2.05, 4.69) is 5.16 Å². The van der Waals surface area contributed by atoms with Gasteiger partial charge in [0.05, 0.1) is 0 Å². The standard InChI is InChI=1S/C21H27N3O3/c1-21(2,3)24(14-17-10-6-4-7-11-17)20(25)16-27-23-19(22)15-26-18-12-8-5-9-13-18/h4-13H,14-16H2,1-3H3,(H2,22,23). The van der Waals surface area contributed by atoms with Gasteiger partial charge in [-0.25, -0.2) is 0 Å². The van der Waals surface area contributed by atoms with E-state index in [-0.39, 0.29) is 30.5 Å². The van der Waals surface area contributed by atoms with Crippen LogP contribution >= 0.6 is 0 Å². The van der Waals surface area contributed by atoms with Crippen LogP contribution in [0.3, 0.4) is 0 Å². The molecule has 0 radical (unpaired) electrons. The Labute approximate surface area is 160 Å². The molecule has 0 aromatic heterocycles. The van der Waals surface area contributed by atoms with Crippen molar-refractivity contribution in [3.63, 3.8) is 0 Å². The van der Waals surface area contributed by atoms with Gasteiger partial charge in [0.25, 0.3) is 5.91 Å². The van der Waals surface area contributed by atoms with Crippen molar-refractivity contribution in [2.24, 2.45) is 10.9 Å². The summed E-state index contributed by atoms with van der Waals surface area (Å²) in [6.45, 7) is 6.36. The summed E-state index contributed by atoms with van der Waals surface area (Å²) in [5.74, 6) is 0.692. The fraction of sp³-hybridized carbons (Fsp3) is 0.333. The summed E-state index contributed by atoms with van der Waals surface area (Å²) in [4.78, 5) is 19.5. The zero-order valence-corrected chi connectivity index (χ0v) is 16.1. The summed E-state index contributed by atoms with van der Waals surface area (Å²) in [5.41, 5.74) is 6.48. The van der Waals surface area contributed by atoms with Crippen molar-refractivity contribution >= 4 is 11.7 Å².